The fourth-order valence-corrected chi connectivity index (χ4v) is 3.28. The molecule has 20 heavy (non-hydrogen) atoms. The van der Waals surface area contributed by atoms with Gasteiger partial charge in [-0.05, 0) is 43.5 Å². The first-order valence-corrected chi connectivity index (χ1v) is 8.12. The number of unbranched alkanes of at least 4 members (excludes halogenated alkanes) is 1. The minimum atomic E-state index is 0.554. The van der Waals surface area contributed by atoms with E-state index in [9.17, 15) is 0 Å². The molecule has 3 nitrogen and oxygen atoms in total. The molecule has 0 aromatic heterocycles. The Morgan fingerprint density at radius 2 is 2.20 bits per heavy atom. The standard InChI is InChI=1S/C16H21N3S/c1-4-5-6-14-10-20-16(18-14)19-15-8-11(2)13(9-17)7-12(15)3/h7-8,14H,4-6,10H2,1-3H3,(H,18,19)/t14-/m0/s1. The van der Waals surface area contributed by atoms with E-state index in [1.807, 2.05) is 26.0 Å². The third-order valence-corrected chi connectivity index (χ3v) is 4.59. The highest BCUT2D eigenvalue weighted by atomic mass is 32.2. The number of thioether (sulfide) groups is 1. The number of nitriles is 1. The average Bonchev–Trinajstić information content (AvgIpc) is 2.87. The molecule has 0 bridgehead atoms. The van der Waals surface area contributed by atoms with Gasteiger partial charge in [-0.1, -0.05) is 31.5 Å². The Morgan fingerprint density at radius 1 is 1.40 bits per heavy atom. The summed E-state index contributed by atoms with van der Waals surface area (Å²) < 4.78 is 0. The lowest BCUT2D eigenvalue weighted by atomic mass is 10.1. The van der Waals surface area contributed by atoms with Crippen LogP contribution in [0.1, 0.15) is 42.9 Å². The second-order valence-corrected chi connectivity index (χ2v) is 6.29. The number of rotatable bonds is 4. The van der Waals surface area contributed by atoms with E-state index in [1.54, 1.807) is 11.8 Å². The predicted molar refractivity (Wildman–Crippen MR) is 86.6 cm³/mol. The number of aryl methyl sites for hydroxylation is 2. The van der Waals surface area contributed by atoms with Gasteiger partial charge in [0.25, 0.3) is 0 Å². The molecule has 4 heteroatoms. The van der Waals surface area contributed by atoms with E-state index in [0.717, 1.165) is 33.3 Å². The highest BCUT2D eigenvalue weighted by molar-refractivity contribution is 8.14. The van der Waals surface area contributed by atoms with Gasteiger partial charge in [0.05, 0.1) is 17.3 Å². The van der Waals surface area contributed by atoms with Crippen LogP contribution in [0.15, 0.2) is 17.1 Å². The van der Waals surface area contributed by atoms with Crippen LogP contribution in [-0.4, -0.2) is 17.0 Å². The van der Waals surface area contributed by atoms with Gasteiger partial charge in [0.15, 0.2) is 5.17 Å². The summed E-state index contributed by atoms with van der Waals surface area (Å²) >= 11 is 1.79. The van der Waals surface area contributed by atoms with Crippen LogP contribution in [0.4, 0.5) is 5.69 Å². The van der Waals surface area contributed by atoms with Crippen molar-refractivity contribution in [2.45, 2.75) is 46.1 Å². The van der Waals surface area contributed by atoms with Crippen LogP contribution >= 0.6 is 11.8 Å². The van der Waals surface area contributed by atoms with Gasteiger partial charge in [-0.2, -0.15) is 5.26 Å². The van der Waals surface area contributed by atoms with E-state index in [-0.39, 0.29) is 0 Å². The Labute approximate surface area is 125 Å². The lowest BCUT2D eigenvalue weighted by Crippen LogP contribution is -2.26. The largest absolute Gasteiger partial charge is 0.361 e. The zero-order chi connectivity index (χ0) is 14.5. The van der Waals surface area contributed by atoms with Crippen molar-refractivity contribution in [3.8, 4) is 6.07 Å². The Bertz CT molecular complexity index is 558. The van der Waals surface area contributed by atoms with Gasteiger partial charge in [-0.25, -0.2) is 4.99 Å². The van der Waals surface area contributed by atoms with Crippen LogP contribution in [-0.2, 0) is 0 Å². The van der Waals surface area contributed by atoms with Gasteiger partial charge in [0, 0.05) is 11.8 Å². The fraction of sp³-hybridized carbons (Fsp3) is 0.500. The van der Waals surface area contributed by atoms with Crippen molar-refractivity contribution >= 4 is 22.6 Å². The summed E-state index contributed by atoms with van der Waals surface area (Å²) in [6.07, 6.45) is 3.72. The lowest BCUT2D eigenvalue weighted by Gasteiger charge is -2.09. The van der Waals surface area contributed by atoms with Gasteiger partial charge in [0.2, 0.25) is 0 Å². The van der Waals surface area contributed by atoms with Gasteiger partial charge in [-0.15, -0.1) is 0 Å². The Balaban J connectivity index is 2.12. The van der Waals surface area contributed by atoms with Crippen molar-refractivity contribution in [3.63, 3.8) is 0 Å². The lowest BCUT2D eigenvalue weighted by molar-refractivity contribution is 0.588. The van der Waals surface area contributed by atoms with Gasteiger partial charge in [0.1, 0.15) is 0 Å². The van der Waals surface area contributed by atoms with Crippen molar-refractivity contribution in [1.82, 2.24) is 5.32 Å². The minimum Gasteiger partial charge on any atom is -0.361 e. The highest BCUT2D eigenvalue weighted by Crippen LogP contribution is 2.26. The molecule has 0 radical (unpaired) electrons. The topological polar surface area (TPSA) is 48.2 Å². The molecule has 0 spiro atoms. The van der Waals surface area contributed by atoms with Crippen LogP contribution in [0.5, 0.6) is 0 Å². The number of aliphatic imine (C=N–C) groups is 1. The molecule has 1 fully saturated rings. The van der Waals surface area contributed by atoms with Gasteiger partial charge in [-0.3, -0.25) is 0 Å². The van der Waals surface area contributed by atoms with Crippen molar-refractivity contribution < 1.29 is 0 Å². The number of nitrogens with zero attached hydrogens (tertiary/aromatic N) is 2. The van der Waals surface area contributed by atoms with Gasteiger partial charge >= 0.3 is 0 Å². The van der Waals surface area contributed by atoms with Crippen LogP contribution in [0.25, 0.3) is 0 Å². The quantitative estimate of drug-likeness (QED) is 0.908. The molecule has 0 amide bonds. The predicted octanol–water partition coefficient (Wildman–Crippen LogP) is 4.06. The zero-order valence-corrected chi connectivity index (χ0v) is 13.2. The van der Waals surface area contributed by atoms with Crippen molar-refractivity contribution in [3.05, 3.63) is 28.8 Å². The summed E-state index contributed by atoms with van der Waals surface area (Å²) in [6, 6.07) is 6.69. The first-order chi connectivity index (χ1) is 9.63. The fourth-order valence-electron chi connectivity index (χ4n) is 2.26. The molecule has 1 aliphatic heterocycles. The third-order valence-electron chi connectivity index (χ3n) is 3.54. The average molecular weight is 287 g/mol. The molecule has 1 aromatic carbocycles. The second kappa shape index (κ2) is 6.81. The number of benzene rings is 1. The molecule has 1 aromatic rings. The number of hydrogen-bond acceptors (Lipinski definition) is 3. The number of hydrogen-bond donors (Lipinski definition) is 1. The molecular weight excluding hydrogens is 266 g/mol. The molecule has 0 unspecified atom stereocenters. The summed E-state index contributed by atoms with van der Waals surface area (Å²) in [5, 5.41) is 13.5. The first-order valence-electron chi connectivity index (χ1n) is 7.13. The summed E-state index contributed by atoms with van der Waals surface area (Å²) in [7, 11) is 0. The summed E-state index contributed by atoms with van der Waals surface area (Å²) in [5.41, 5.74) is 3.74. The summed E-state index contributed by atoms with van der Waals surface area (Å²) in [5.74, 6) is 1.10. The minimum absolute atomic E-state index is 0.554. The van der Waals surface area contributed by atoms with Crippen LogP contribution in [0, 0.1) is 25.2 Å². The van der Waals surface area contributed by atoms with Crippen LogP contribution in [0.2, 0.25) is 0 Å². The Morgan fingerprint density at radius 3 is 2.90 bits per heavy atom. The van der Waals surface area contributed by atoms with Crippen LogP contribution < -0.4 is 5.32 Å². The monoisotopic (exact) mass is 287 g/mol. The highest BCUT2D eigenvalue weighted by Gasteiger charge is 2.19. The van der Waals surface area contributed by atoms with E-state index < -0.39 is 0 Å². The zero-order valence-electron chi connectivity index (χ0n) is 12.4. The van der Waals surface area contributed by atoms with E-state index in [1.165, 1.54) is 19.3 Å². The molecule has 1 atom stereocenters. The number of nitrogens with one attached hydrogen (secondary N) is 1. The smallest absolute Gasteiger partial charge is 0.162 e. The molecule has 106 valence electrons. The molecule has 1 saturated heterocycles. The van der Waals surface area contributed by atoms with Crippen molar-refractivity contribution in [2.75, 3.05) is 5.75 Å². The molecule has 0 saturated carbocycles. The van der Waals surface area contributed by atoms with Crippen molar-refractivity contribution in [2.24, 2.45) is 4.99 Å². The Hall–Kier alpha value is -1.47. The third kappa shape index (κ3) is 3.55. The van der Waals surface area contributed by atoms with E-state index >= 15 is 0 Å². The van der Waals surface area contributed by atoms with E-state index in [2.05, 4.69) is 18.3 Å². The maximum absolute atomic E-state index is 9.03. The maximum Gasteiger partial charge on any atom is 0.162 e. The number of amidine groups is 1. The maximum atomic E-state index is 9.03. The van der Waals surface area contributed by atoms with Crippen LogP contribution in [0.3, 0.4) is 0 Å². The normalized spacial score (nSPS) is 19.9. The van der Waals surface area contributed by atoms with E-state index in [0.29, 0.717) is 6.04 Å². The SMILES string of the molecule is CCCC[C@H]1CSC(=Nc2cc(C)c(C#N)cc2C)N1. The molecular formula is C16H21N3S. The molecule has 1 aliphatic rings. The second-order valence-electron chi connectivity index (χ2n) is 5.28. The van der Waals surface area contributed by atoms with Crippen molar-refractivity contribution in [1.29, 1.82) is 5.26 Å². The first kappa shape index (κ1) is 14.9. The van der Waals surface area contributed by atoms with Gasteiger partial charge < -0.3 is 5.32 Å². The Kier molecular flexibility index (Phi) is 5.08. The summed E-state index contributed by atoms with van der Waals surface area (Å²) in [6.45, 7) is 6.19. The molecule has 1 N–H and O–H groups in total. The van der Waals surface area contributed by atoms with E-state index in [4.69, 9.17) is 10.3 Å². The molecule has 0 aliphatic carbocycles. The molecule has 2 rings (SSSR count). The summed E-state index contributed by atoms with van der Waals surface area (Å²) in [4.78, 5) is 4.71. The molecule has 1 heterocycles.